The lowest BCUT2D eigenvalue weighted by Crippen LogP contribution is -2.26. The molecule has 90 valence electrons. The maximum absolute atomic E-state index is 4.10. The largest absolute Gasteiger partial charge is 0.311 e. The summed E-state index contributed by atoms with van der Waals surface area (Å²) >= 11 is 0. The summed E-state index contributed by atoms with van der Waals surface area (Å²) in [7, 11) is 6.08. The minimum absolute atomic E-state index is 0. The summed E-state index contributed by atoms with van der Waals surface area (Å²) < 4.78 is 1.82. The van der Waals surface area contributed by atoms with Gasteiger partial charge in [0.1, 0.15) is 0 Å². The molecule has 0 aromatic carbocycles. The summed E-state index contributed by atoms with van der Waals surface area (Å²) in [4.78, 5) is 2.16. The summed E-state index contributed by atoms with van der Waals surface area (Å²) in [6.45, 7) is 2.99. The molecule has 0 aliphatic carbocycles. The molecule has 0 radical (unpaired) electrons. The SMILES string of the molecule is CN(C)CCNCc1cnn(C)c1.Cl.Cl. The van der Waals surface area contributed by atoms with Crippen LogP contribution in [-0.2, 0) is 13.6 Å². The van der Waals surface area contributed by atoms with Gasteiger partial charge in [-0.2, -0.15) is 5.10 Å². The Bertz CT molecular complexity index is 250. The Morgan fingerprint density at radius 2 is 2.07 bits per heavy atom. The standard InChI is InChI=1S/C9H18N4.2ClH/c1-12(2)5-4-10-6-9-7-11-13(3)8-9;;/h7-8,10H,4-6H2,1-3H3;2*1H. The van der Waals surface area contributed by atoms with Crippen LogP contribution in [0.1, 0.15) is 5.56 Å². The van der Waals surface area contributed by atoms with E-state index in [4.69, 9.17) is 0 Å². The first-order valence-electron chi connectivity index (χ1n) is 4.51. The first-order chi connectivity index (χ1) is 6.18. The van der Waals surface area contributed by atoms with E-state index in [1.807, 2.05) is 24.1 Å². The predicted molar refractivity (Wildman–Crippen MR) is 68.0 cm³/mol. The van der Waals surface area contributed by atoms with Crippen LogP contribution in [0.25, 0.3) is 0 Å². The molecule has 1 aromatic rings. The molecule has 1 rings (SSSR count). The van der Waals surface area contributed by atoms with Crippen molar-refractivity contribution in [3.63, 3.8) is 0 Å². The van der Waals surface area contributed by atoms with Gasteiger partial charge in [0.25, 0.3) is 0 Å². The highest BCUT2D eigenvalue weighted by Gasteiger charge is 1.95. The van der Waals surface area contributed by atoms with Gasteiger partial charge in [-0.05, 0) is 14.1 Å². The van der Waals surface area contributed by atoms with E-state index in [2.05, 4.69) is 29.4 Å². The van der Waals surface area contributed by atoms with Crippen molar-refractivity contribution in [2.45, 2.75) is 6.54 Å². The van der Waals surface area contributed by atoms with Crippen LogP contribution in [0.4, 0.5) is 0 Å². The fraction of sp³-hybridized carbons (Fsp3) is 0.667. The average molecular weight is 255 g/mol. The van der Waals surface area contributed by atoms with Crippen molar-refractivity contribution < 1.29 is 0 Å². The van der Waals surface area contributed by atoms with Crippen molar-refractivity contribution in [1.82, 2.24) is 20.0 Å². The van der Waals surface area contributed by atoms with E-state index in [0.29, 0.717) is 0 Å². The maximum Gasteiger partial charge on any atom is 0.0534 e. The second kappa shape index (κ2) is 8.97. The van der Waals surface area contributed by atoms with Gasteiger partial charge in [0, 0.05) is 38.4 Å². The summed E-state index contributed by atoms with van der Waals surface area (Å²) in [6.07, 6.45) is 3.92. The van der Waals surface area contributed by atoms with Gasteiger partial charge in [-0.3, -0.25) is 4.68 Å². The van der Waals surface area contributed by atoms with Gasteiger partial charge >= 0.3 is 0 Å². The molecule has 6 heteroatoms. The molecule has 0 unspecified atom stereocenters. The molecule has 0 atom stereocenters. The molecule has 0 aliphatic rings. The number of nitrogens with zero attached hydrogens (tertiary/aromatic N) is 3. The first kappa shape index (κ1) is 17.1. The average Bonchev–Trinajstić information content (AvgIpc) is 2.45. The minimum Gasteiger partial charge on any atom is -0.311 e. The molecule has 0 aliphatic heterocycles. The fourth-order valence-corrected chi connectivity index (χ4v) is 1.10. The molecule has 0 bridgehead atoms. The molecule has 0 saturated carbocycles. The van der Waals surface area contributed by atoms with E-state index < -0.39 is 0 Å². The van der Waals surface area contributed by atoms with E-state index in [-0.39, 0.29) is 24.8 Å². The van der Waals surface area contributed by atoms with Gasteiger partial charge in [0.15, 0.2) is 0 Å². The number of hydrogen-bond acceptors (Lipinski definition) is 3. The first-order valence-corrected chi connectivity index (χ1v) is 4.51. The van der Waals surface area contributed by atoms with Crippen molar-refractivity contribution in [3.05, 3.63) is 18.0 Å². The van der Waals surface area contributed by atoms with E-state index in [1.54, 1.807) is 0 Å². The topological polar surface area (TPSA) is 33.1 Å². The summed E-state index contributed by atoms with van der Waals surface area (Å²) in [5.41, 5.74) is 1.24. The lowest BCUT2D eigenvalue weighted by Gasteiger charge is -2.09. The molecule has 0 spiro atoms. The Hall–Kier alpha value is -0.290. The highest BCUT2D eigenvalue weighted by Crippen LogP contribution is 1.94. The number of aryl methyl sites for hydroxylation is 1. The molecule has 0 amide bonds. The van der Waals surface area contributed by atoms with Crippen LogP contribution in [0.15, 0.2) is 12.4 Å². The zero-order chi connectivity index (χ0) is 9.68. The highest BCUT2D eigenvalue weighted by molar-refractivity contribution is 5.85. The van der Waals surface area contributed by atoms with E-state index in [0.717, 1.165) is 19.6 Å². The van der Waals surface area contributed by atoms with E-state index in [1.165, 1.54) is 5.56 Å². The highest BCUT2D eigenvalue weighted by atomic mass is 35.5. The van der Waals surface area contributed by atoms with Crippen molar-refractivity contribution in [3.8, 4) is 0 Å². The van der Waals surface area contributed by atoms with Crippen LogP contribution in [0.2, 0.25) is 0 Å². The molecule has 0 fully saturated rings. The lowest BCUT2D eigenvalue weighted by molar-refractivity contribution is 0.400. The molecule has 1 aromatic heterocycles. The van der Waals surface area contributed by atoms with Crippen LogP contribution in [0.5, 0.6) is 0 Å². The Balaban J connectivity index is 0. The molecular formula is C9H20Cl2N4. The van der Waals surface area contributed by atoms with Gasteiger partial charge < -0.3 is 10.2 Å². The number of rotatable bonds is 5. The number of nitrogens with one attached hydrogen (secondary N) is 1. The fourth-order valence-electron chi connectivity index (χ4n) is 1.10. The van der Waals surface area contributed by atoms with Gasteiger partial charge in [-0.15, -0.1) is 24.8 Å². The van der Waals surface area contributed by atoms with Crippen LogP contribution in [0, 0.1) is 0 Å². The zero-order valence-corrected chi connectivity index (χ0v) is 11.1. The van der Waals surface area contributed by atoms with Gasteiger partial charge in [0.05, 0.1) is 6.20 Å². The van der Waals surface area contributed by atoms with Crippen LogP contribution in [-0.4, -0.2) is 41.9 Å². The Morgan fingerprint density at radius 1 is 1.40 bits per heavy atom. The summed E-state index contributed by atoms with van der Waals surface area (Å²) in [5.74, 6) is 0. The van der Waals surface area contributed by atoms with Crippen molar-refractivity contribution in [2.24, 2.45) is 7.05 Å². The van der Waals surface area contributed by atoms with Gasteiger partial charge in [0.2, 0.25) is 0 Å². The van der Waals surface area contributed by atoms with E-state index >= 15 is 0 Å². The number of likely N-dealkylation sites (N-methyl/N-ethyl adjacent to an activating group) is 1. The Morgan fingerprint density at radius 3 is 2.53 bits per heavy atom. The number of hydrogen-bond donors (Lipinski definition) is 1. The second-order valence-corrected chi connectivity index (χ2v) is 3.50. The smallest absolute Gasteiger partial charge is 0.0534 e. The van der Waals surface area contributed by atoms with Crippen molar-refractivity contribution >= 4 is 24.8 Å². The van der Waals surface area contributed by atoms with Crippen molar-refractivity contribution in [2.75, 3.05) is 27.2 Å². The minimum atomic E-state index is 0. The van der Waals surface area contributed by atoms with Crippen LogP contribution >= 0.6 is 24.8 Å². The zero-order valence-electron chi connectivity index (χ0n) is 9.43. The lowest BCUT2D eigenvalue weighted by atomic mass is 10.3. The molecule has 1 N–H and O–H groups in total. The Labute approximate surface area is 104 Å². The number of aromatic nitrogens is 2. The molecule has 15 heavy (non-hydrogen) atoms. The second-order valence-electron chi connectivity index (χ2n) is 3.50. The third-order valence-electron chi connectivity index (χ3n) is 1.82. The molecule has 0 saturated heterocycles. The third kappa shape index (κ3) is 7.62. The van der Waals surface area contributed by atoms with E-state index in [9.17, 15) is 0 Å². The van der Waals surface area contributed by atoms with Crippen molar-refractivity contribution in [1.29, 1.82) is 0 Å². The molecule has 1 heterocycles. The maximum atomic E-state index is 4.10. The summed E-state index contributed by atoms with van der Waals surface area (Å²) in [5, 5.41) is 7.45. The quantitative estimate of drug-likeness (QED) is 0.794. The monoisotopic (exact) mass is 254 g/mol. The third-order valence-corrected chi connectivity index (χ3v) is 1.82. The van der Waals surface area contributed by atoms with Gasteiger partial charge in [-0.1, -0.05) is 0 Å². The Kier molecular flexibility index (Phi) is 10.2. The van der Waals surface area contributed by atoms with Gasteiger partial charge in [-0.25, -0.2) is 0 Å². The predicted octanol–water partition coefficient (Wildman–Crippen LogP) is 0.915. The molecular weight excluding hydrogens is 235 g/mol. The normalized spacial score (nSPS) is 9.60. The summed E-state index contributed by atoms with van der Waals surface area (Å²) in [6, 6.07) is 0. The van der Waals surface area contributed by atoms with Crippen LogP contribution < -0.4 is 5.32 Å². The van der Waals surface area contributed by atoms with Crippen LogP contribution in [0.3, 0.4) is 0 Å². The number of halogens is 2. The molecule has 4 nitrogen and oxygen atoms in total.